The second-order valence-electron chi connectivity index (χ2n) is 12.3. The van der Waals surface area contributed by atoms with Gasteiger partial charge in [0.15, 0.2) is 5.76 Å². The van der Waals surface area contributed by atoms with E-state index in [1.54, 1.807) is 68.1 Å². The van der Waals surface area contributed by atoms with Gasteiger partial charge in [0.05, 0.1) is 30.4 Å². The van der Waals surface area contributed by atoms with Crippen LogP contribution in [0.25, 0.3) is 0 Å². The molecule has 0 saturated heterocycles. The zero-order valence-electron chi connectivity index (χ0n) is 27.9. The minimum atomic E-state index is -3.94. The summed E-state index contributed by atoms with van der Waals surface area (Å²) in [5, 5.41) is 16.9. The number of likely N-dealkylation sites (N-methyl/N-ethyl adjacent to an activating group) is 1. The summed E-state index contributed by atoms with van der Waals surface area (Å²) in [6.07, 6.45) is 1.41. The number of benzene rings is 2. The molecule has 0 aliphatic carbocycles. The maximum absolute atomic E-state index is 14.3. The second kappa shape index (κ2) is 15.9. The molecule has 13 heteroatoms. The summed E-state index contributed by atoms with van der Waals surface area (Å²) in [6, 6.07) is 13.2. The van der Waals surface area contributed by atoms with Gasteiger partial charge >= 0.3 is 0 Å². The number of hydrogen-bond acceptors (Lipinski definition) is 9. The maximum atomic E-state index is 14.3. The number of hydrogen-bond donors (Lipinski definition) is 2. The molecule has 0 radical (unpaired) electrons. The largest absolute Gasteiger partial charge is 0.490 e. The number of aromatic nitrogens is 1. The van der Waals surface area contributed by atoms with Crippen LogP contribution in [0.15, 0.2) is 57.9 Å². The van der Waals surface area contributed by atoms with Crippen LogP contribution in [0.3, 0.4) is 0 Å². The molecule has 0 saturated carbocycles. The maximum Gasteiger partial charge on any atom is 0.258 e. The van der Waals surface area contributed by atoms with Gasteiger partial charge in [-0.2, -0.15) is 4.31 Å². The molecule has 0 bridgehead atoms. The summed E-state index contributed by atoms with van der Waals surface area (Å²) in [6.45, 7) is 8.97. The Bertz CT molecular complexity index is 1610. The highest BCUT2D eigenvalue weighted by atomic mass is 32.2. The van der Waals surface area contributed by atoms with Crippen molar-refractivity contribution in [3.05, 3.63) is 71.1 Å². The lowest BCUT2D eigenvalue weighted by Gasteiger charge is -2.35. The number of carbonyl (C=O) groups is 2. The molecule has 2 aromatic carbocycles. The monoisotopic (exact) mass is 670 g/mol. The van der Waals surface area contributed by atoms with E-state index in [2.05, 4.69) is 10.5 Å². The van der Waals surface area contributed by atoms with Gasteiger partial charge in [0.2, 0.25) is 10.0 Å². The molecule has 0 spiro atoms. The first-order valence-corrected chi connectivity index (χ1v) is 17.4. The molecule has 4 rings (SSSR count). The normalized spacial score (nSPS) is 20.6. The summed E-state index contributed by atoms with van der Waals surface area (Å²) in [4.78, 5) is 28.8. The minimum absolute atomic E-state index is 0.0227. The van der Waals surface area contributed by atoms with Crippen LogP contribution in [0.1, 0.15) is 72.2 Å². The highest BCUT2D eigenvalue weighted by molar-refractivity contribution is 7.89. The van der Waals surface area contributed by atoms with Gasteiger partial charge in [-0.05, 0) is 77.3 Å². The summed E-state index contributed by atoms with van der Waals surface area (Å²) >= 11 is 0. The highest BCUT2D eigenvalue weighted by Crippen LogP contribution is 2.29. The predicted octanol–water partition coefficient (Wildman–Crippen LogP) is 4.66. The van der Waals surface area contributed by atoms with Crippen LogP contribution in [0.5, 0.6) is 5.75 Å². The van der Waals surface area contributed by atoms with E-state index in [4.69, 9.17) is 14.0 Å². The first-order valence-electron chi connectivity index (χ1n) is 15.9. The molecule has 256 valence electrons. The van der Waals surface area contributed by atoms with Gasteiger partial charge in [0.25, 0.3) is 11.8 Å². The predicted molar refractivity (Wildman–Crippen MR) is 177 cm³/mol. The van der Waals surface area contributed by atoms with Gasteiger partial charge in [0, 0.05) is 43.9 Å². The SMILES string of the molecule is Cc1noc(C)c1S(=O)(=O)N(C)C[C@@H]1OCCCC[C@@H](C)Oc2ccc(NC(=O)c3ccccc3)cc2C(=O)N([C@H](C)CO)C[C@H]1C. The smallest absolute Gasteiger partial charge is 0.258 e. The number of nitrogens with one attached hydrogen (secondary N) is 1. The van der Waals surface area contributed by atoms with Gasteiger partial charge in [-0.3, -0.25) is 9.59 Å². The molecular weight excluding hydrogens is 624 g/mol. The summed E-state index contributed by atoms with van der Waals surface area (Å²) in [5.74, 6) is -0.486. The van der Waals surface area contributed by atoms with Crippen LogP contribution in [0, 0.1) is 19.8 Å². The number of sulfonamides is 1. The Morgan fingerprint density at radius 1 is 1.15 bits per heavy atom. The average Bonchev–Trinajstić information content (AvgIpc) is 3.40. The average molecular weight is 671 g/mol. The summed E-state index contributed by atoms with van der Waals surface area (Å²) in [7, 11) is -2.45. The van der Waals surface area contributed by atoms with Crippen molar-refractivity contribution in [1.82, 2.24) is 14.4 Å². The van der Waals surface area contributed by atoms with Crippen molar-refractivity contribution in [2.45, 2.75) is 77.0 Å². The fraction of sp³-hybridized carbons (Fsp3) is 0.500. The first kappa shape index (κ1) is 36.1. The molecular formula is C34H46N4O8S. The van der Waals surface area contributed by atoms with E-state index in [0.29, 0.717) is 30.0 Å². The molecule has 47 heavy (non-hydrogen) atoms. The van der Waals surface area contributed by atoms with Crippen molar-refractivity contribution in [2.24, 2.45) is 5.92 Å². The van der Waals surface area contributed by atoms with Crippen LogP contribution in [0.4, 0.5) is 5.69 Å². The fourth-order valence-corrected chi connectivity index (χ4v) is 7.07. The fourth-order valence-electron chi connectivity index (χ4n) is 5.61. The first-order chi connectivity index (χ1) is 22.3. The molecule has 12 nitrogen and oxygen atoms in total. The van der Waals surface area contributed by atoms with Crippen LogP contribution in [-0.2, 0) is 14.8 Å². The Morgan fingerprint density at radius 3 is 2.53 bits per heavy atom. The minimum Gasteiger partial charge on any atom is -0.490 e. The number of carbonyl (C=O) groups excluding carboxylic acids is 2. The van der Waals surface area contributed by atoms with Crippen molar-refractivity contribution in [1.29, 1.82) is 0 Å². The van der Waals surface area contributed by atoms with E-state index in [9.17, 15) is 23.1 Å². The third kappa shape index (κ3) is 8.78. The number of anilines is 1. The van der Waals surface area contributed by atoms with Crippen LogP contribution in [-0.4, -0.2) is 91.3 Å². The van der Waals surface area contributed by atoms with Gasteiger partial charge in [-0.25, -0.2) is 8.42 Å². The Hall–Kier alpha value is -3.78. The Morgan fingerprint density at radius 2 is 1.87 bits per heavy atom. The number of amides is 2. The molecule has 1 aliphatic rings. The van der Waals surface area contributed by atoms with Gasteiger partial charge in [-0.1, -0.05) is 30.3 Å². The van der Waals surface area contributed by atoms with Gasteiger partial charge in [0.1, 0.15) is 16.3 Å². The second-order valence-corrected chi connectivity index (χ2v) is 14.3. The number of ether oxygens (including phenoxy) is 2. The van der Waals surface area contributed by atoms with Gasteiger partial charge < -0.3 is 29.3 Å². The topological polar surface area (TPSA) is 152 Å². The lowest BCUT2D eigenvalue weighted by atomic mass is 10.0. The van der Waals surface area contributed by atoms with Crippen molar-refractivity contribution in [2.75, 3.05) is 38.7 Å². The number of rotatable bonds is 8. The molecule has 4 atom stereocenters. The number of fused-ring (bicyclic) bond motifs is 1. The third-order valence-corrected chi connectivity index (χ3v) is 10.5. The number of aliphatic hydroxyl groups excluding tert-OH is 1. The van der Waals surface area contributed by atoms with Crippen molar-refractivity contribution in [3.8, 4) is 5.75 Å². The lowest BCUT2D eigenvalue weighted by Crippen LogP contribution is -2.48. The third-order valence-electron chi connectivity index (χ3n) is 8.42. The van der Waals surface area contributed by atoms with E-state index in [-0.39, 0.29) is 59.5 Å². The van der Waals surface area contributed by atoms with E-state index >= 15 is 0 Å². The molecule has 1 aromatic heterocycles. The Kier molecular flexibility index (Phi) is 12.2. The molecule has 2 N–H and O–H groups in total. The molecule has 0 fully saturated rings. The zero-order valence-corrected chi connectivity index (χ0v) is 28.7. The number of aliphatic hydroxyl groups is 1. The van der Waals surface area contributed by atoms with E-state index < -0.39 is 28.1 Å². The van der Waals surface area contributed by atoms with E-state index in [1.807, 2.05) is 19.9 Å². The number of nitrogens with zero attached hydrogens (tertiary/aromatic N) is 3. The quantitative estimate of drug-likeness (QED) is 0.349. The summed E-state index contributed by atoms with van der Waals surface area (Å²) < 4.78 is 46.0. The molecule has 1 aliphatic heterocycles. The standard InChI is InChI=1S/C34H46N4O8S/c1-22-19-38(23(2)21-39)34(41)29-18-28(35-33(40)27-13-8-7-9-14-27)15-16-30(29)45-24(3)12-10-11-17-44-31(22)20-37(6)47(42,43)32-25(4)36-46-26(32)5/h7-9,13-16,18,22-24,31,39H,10-12,17,19-21H2,1-6H3,(H,35,40)/t22-,23-,24-,31+/m1/s1. The molecule has 0 unspecified atom stereocenters. The highest BCUT2D eigenvalue weighted by Gasteiger charge is 2.34. The van der Waals surface area contributed by atoms with Crippen LogP contribution in [0.2, 0.25) is 0 Å². The Balaban J connectivity index is 1.66. The van der Waals surface area contributed by atoms with Crippen molar-refractivity contribution < 1.29 is 37.1 Å². The lowest BCUT2D eigenvalue weighted by molar-refractivity contribution is -0.00835. The Labute approximate surface area is 277 Å². The zero-order chi connectivity index (χ0) is 34.3. The van der Waals surface area contributed by atoms with Gasteiger partial charge in [-0.15, -0.1) is 0 Å². The van der Waals surface area contributed by atoms with Crippen LogP contribution < -0.4 is 10.1 Å². The van der Waals surface area contributed by atoms with E-state index in [0.717, 1.165) is 12.8 Å². The van der Waals surface area contributed by atoms with Crippen molar-refractivity contribution >= 4 is 27.5 Å². The number of aryl methyl sites for hydroxylation is 2. The molecule has 2 heterocycles. The van der Waals surface area contributed by atoms with Crippen LogP contribution >= 0.6 is 0 Å². The molecule has 3 aromatic rings. The van der Waals surface area contributed by atoms with Crippen molar-refractivity contribution in [3.63, 3.8) is 0 Å². The molecule has 2 amide bonds. The summed E-state index contributed by atoms with van der Waals surface area (Å²) in [5.41, 5.74) is 1.40. The van der Waals surface area contributed by atoms with E-state index in [1.165, 1.54) is 11.4 Å².